The summed E-state index contributed by atoms with van der Waals surface area (Å²) in [5.41, 5.74) is 6.12. The van der Waals surface area contributed by atoms with Gasteiger partial charge in [0.05, 0.1) is 21.4 Å². The van der Waals surface area contributed by atoms with Crippen LogP contribution >= 0.6 is 38.6 Å². The number of nitrogens with two attached hydrogens (primary N) is 1. The van der Waals surface area contributed by atoms with Crippen LogP contribution in [0.5, 0.6) is 0 Å². The van der Waals surface area contributed by atoms with Gasteiger partial charge in [0.1, 0.15) is 10.7 Å². The van der Waals surface area contributed by atoms with Gasteiger partial charge in [0, 0.05) is 9.58 Å². The predicted molar refractivity (Wildman–Crippen MR) is 89.4 cm³/mol. The lowest BCUT2D eigenvalue weighted by molar-refractivity contribution is 0.0956. The van der Waals surface area contributed by atoms with Gasteiger partial charge >= 0.3 is 0 Å². The lowest BCUT2D eigenvalue weighted by Gasteiger charge is -2.02. The molecule has 0 aliphatic carbocycles. The first-order chi connectivity index (χ1) is 10.1. The smallest absolute Gasteiger partial charge is 0.263 e. The maximum absolute atomic E-state index is 13.8. The zero-order chi connectivity index (χ0) is 15.0. The molecule has 3 N–H and O–H groups in total. The number of amides is 1. The van der Waals surface area contributed by atoms with Crippen molar-refractivity contribution in [1.82, 2.24) is 5.32 Å². The van der Waals surface area contributed by atoms with E-state index in [1.807, 2.05) is 12.1 Å². The van der Waals surface area contributed by atoms with Gasteiger partial charge in [-0.1, -0.05) is 6.07 Å². The highest BCUT2D eigenvalue weighted by molar-refractivity contribution is 9.11. The van der Waals surface area contributed by atoms with E-state index in [2.05, 4.69) is 21.2 Å². The molecule has 0 spiro atoms. The van der Waals surface area contributed by atoms with Crippen molar-refractivity contribution >= 4 is 60.3 Å². The van der Waals surface area contributed by atoms with Crippen molar-refractivity contribution < 1.29 is 9.18 Å². The molecule has 7 heteroatoms. The van der Waals surface area contributed by atoms with Crippen LogP contribution in [0.1, 0.15) is 14.5 Å². The van der Waals surface area contributed by atoms with E-state index in [0.29, 0.717) is 21.5 Å². The van der Waals surface area contributed by atoms with Gasteiger partial charge in [-0.3, -0.25) is 4.79 Å². The molecule has 3 rings (SSSR count). The van der Waals surface area contributed by atoms with Crippen LogP contribution in [-0.4, -0.2) is 5.91 Å². The Bertz CT molecular complexity index is 828. The topological polar surface area (TPSA) is 55.1 Å². The molecule has 0 unspecified atom stereocenters. The van der Waals surface area contributed by atoms with E-state index in [-0.39, 0.29) is 11.6 Å². The number of fused-ring (bicyclic) bond motifs is 1. The molecule has 0 atom stereocenters. The van der Waals surface area contributed by atoms with Crippen LogP contribution in [0.15, 0.2) is 34.1 Å². The third kappa shape index (κ3) is 2.81. The summed E-state index contributed by atoms with van der Waals surface area (Å²) in [6.45, 7) is 0.422. The summed E-state index contributed by atoms with van der Waals surface area (Å²) < 4.78 is 15.5. The first-order valence-electron chi connectivity index (χ1n) is 6.05. The highest BCUT2D eigenvalue weighted by Gasteiger charge is 2.18. The molecule has 108 valence electrons. The van der Waals surface area contributed by atoms with Crippen molar-refractivity contribution in [2.75, 3.05) is 5.73 Å². The van der Waals surface area contributed by atoms with Crippen LogP contribution < -0.4 is 11.1 Å². The Labute approximate surface area is 136 Å². The van der Waals surface area contributed by atoms with Gasteiger partial charge in [0.2, 0.25) is 0 Å². The summed E-state index contributed by atoms with van der Waals surface area (Å²) in [5, 5.41) is 3.13. The molecule has 3 nitrogen and oxygen atoms in total. The third-order valence-corrected chi connectivity index (χ3v) is 5.75. The molecule has 0 bridgehead atoms. The minimum absolute atomic E-state index is 0.206. The van der Waals surface area contributed by atoms with Crippen LogP contribution in [0.2, 0.25) is 0 Å². The number of carbonyl (C=O) groups excluding carboxylic acids is 1. The maximum atomic E-state index is 13.8. The average Bonchev–Trinajstić information content (AvgIpc) is 3.01. The number of nitrogens with one attached hydrogen (secondary N) is 1. The van der Waals surface area contributed by atoms with Crippen LogP contribution in [0.3, 0.4) is 0 Å². The van der Waals surface area contributed by atoms with E-state index in [4.69, 9.17) is 5.73 Å². The Morgan fingerprint density at radius 1 is 1.29 bits per heavy atom. The molecule has 0 saturated heterocycles. The zero-order valence-corrected chi connectivity index (χ0v) is 13.9. The molecule has 0 aliphatic heterocycles. The molecule has 0 aliphatic rings. The monoisotopic (exact) mass is 384 g/mol. The fourth-order valence-electron chi connectivity index (χ4n) is 1.99. The first kappa shape index (κ1) is 14.5. The van der Waals surface area contributed by atoms with Crippen molar-refractivity contribution in [1.29, 1.82) is 0 Å². The Morgan fingerprint density at radius 2 is 2.10 bits per heavy atom. The lowest BCUT2D eigenvalue weighted by Crippen LogP contribution is -2.22. The number of nitrogen functional groups attached to an aromatic ring is 1. The van der Waals surface area contributed by atoms with Gasteiger partial charge in [-0.05, 0) is 40.2 Å². The van der Waals surface area contributed by atoms with Gasteiger partial charge in [0.15, 0.2) is 0 Å². The maximum Gasteiger partial charge on any atom is 0.263 e. The molecule has 3 aromatic rings. The van der Waals surface area contributed by atoms with Gasteiger partial charge in [-0.25, -0.2) is 4.39 Å². The summed E-state index contributed by atoms with van der Waals surface area (Å²) in [5.74, 6) is -0.680. The van der Waals surface area contributed by atoms with Gasteiger partial charge < -0.3 is 11.1 Å². The Morgan fingerprint density at radius 3 is 2.76 bits per heavy atom. The van der Waals surface area contributed by atoms with Crippen LogP contribution in [0.25, 0.3) is 10.1 Å². The molecule has 21 heavy (non-hydrogen) atoms. The molecular formula is C14H10BrFN2OS2. The molecule has 2 heterocycles. The fraction of sp³-hybridized carbons (Fsp3) is 0.0714. The summed E-state index contributed by atoms with van der Waals surface area (Å²) in [7, 11) is 0. The number of anilines is 1. The largest absolute Gasteiger partial charge is 0.397 e. The number of thiophene rings is 2. The van der Waals surface area contributed by atoms with E-state index < -0.39 is 5.82 Å². The minimum atomic E-state index is -0.400. The highest BCUT2D eigenvalue weighted by Crippen LogP contribution is 2.35. The van der Waals surface area contributed by atoms with Crippen molar-refractivity contribution in [3.63, 3.8) is 0 Å². The molecule has 0 saturated carbocycles. The third-order valence-electron chi connectivity index (χ3n) is 2.96. The molecule has 1 amide bonds. The van der Waals surface area contributed by atoms with Crippen molar-refractivity contribution in [3.05, 3.63) is 49.7 Å². The normalized spacial score (nSPS) is 11.0. The fourth-order valence-corrected chi connectivity index (χ4v) is 4.47. The quantitative estimate of drug-likeness (QED) is 0.703. The van der Waals surface area contributed by atoms with Crippen molar-refractivity contribution in [2.45, 2.75) is 6.54 Å². The van der Waals surface area contributed by atoms with E-state index in [9.17, 15) is 9.18 Å². The Balaban J connectivity index is 1.84. The highest BCUT2D eigenvalue weighted by atomic mass is 79.9. The standard InChI is InChI=1S/C14H10BrFN2OS2/c15-10-5-4-7(20-10)6-18-14(19)13-12(17)11-8(16)2-1-3-9(11)21-13/h1-5H,6,17H2,(H,18,19). The molecule has 0 radical (unpaired) electrons. The number of hydrogen-bond acceptors (Lipinski definition) is 4. The zero-order valence-electron chi connectivity index (χ0n) is 10.7. The number of carbonyl (C=O) groups is 1. The number of halogens is 2. The van der Waals surface area contributed by atoms with Crippen molar-refractivity contribution in [3.8, 4) is 0 Å². The summed E-state index contributed by atoms with van der Waals surface area (Å²) in [6, 6.07) is 8.57. The first-order valence-corrected chi connectivity index (χ1v) is 8.48. The second kappa shape index (κ2) is 5.75. The molecule has 0 fully saturated rings. The van der Waals surface area contributed by atoms with Gasteiger partial charge in [-0.15, -0.1) is 22.7 Å². The minimum Gasteiger partial charge on any atom is -0.397 e. The summed E-state index contributed by atoms with van der Waals surface area (Å²) in [6.07, 6.45) is 0. The number of rotatable bonds is 3. The Hall–Kier alpha value is -1.44. The second-order valence-electron chi connectivity index (χ2n) is 4.35. The van der Waals surface area contributed by atoms with E-state index in [1.54, 1.807) is 23.5 Å². The Kier molecular flexibility index (Phi) is 3.97. The van der Waals surface area contributed by atoms with Crippen molar-refractivity contribution in [2.24, 2.45) is 0 Å². The summed E-state index contributed by atoms with van der Waals surface area (Å²) >= 11 is 6.13. The van der Waals surface area contributed by atoms with E-state index in [1.165, 1.54) is 17.4 Å². The summed E-state index contributed by atoms with van der Waals surface area (Å²) in [4.78, 5) is 13.6. The number of hydrogen-bond donors (Lipinski definition) is 2. The van der Waals surface area contributed by atoms with Crippen LogP contribution in [0.4, 0.5) is 10.1 Å². The van der Waals surface area contributed by atoms with E-state index >= 15 is 0 Å². The van der Waals surface area contributed by atoms with Crippen LogP contribution in [-0.2, 0) is 6.54 Å². The molecule has 1 aromatic carbocycles. The number of benzene rings is 1. The second-order valence-corrected chi connectivity index (χ2v) is 7.95. The van der Waals surface area contributed by atoms with Gasteiger partial charge in [0.25, 0.3) is 5.91 Å². The molecular weight excluding hydrogens is 375 g/mol. The average molecular weight is 385 g/mol. The SMILES string of the molecule is Nc1c(C(=O)NCc2ccc(Br)s2)sc2cccc(F)c12. The van der Waals surface area contributed by atoms with E-state index in [0.717, 1.165) is 8.66 Å². The molecule has 2 aromatic heterocycles. The van der Waals surface area contributed by atoms with Crippen LogP contribution in [0, 0.1) is 5.82 Å². The predicted octanol–water partition coefficient (Wildman–Crippen LogP) is 4.38. The van der Waals surface area contributed by atoms with Gasteiger partial charge in [-0.2, -0.15) is 0 Å². The lowest BCUT2D eigenvalue weighted by atomic mass is 10.2.